The van der Waals surface area contributed by atoms with E-state index in [4.69, 9.17) is 0 Å². The zero-order valence-electron chi connectivity index (χ0n) is 12.0. The van der Waals surface area contributed by atoms with Gasteiger partial charge in [0, 0.05) is 0 Å². The minimum atomic E-state index is -0.926. The molecule has 0 aliphatic heterocycles. The molecule has 0 aromatic heterocycles. The van der Waals surface area contributed by atoms with Crippen molar-refractivity contribution in [3.8, 4) is 0 Å². The van der Waals surface area contributed by atoms with Gasteiger partial charge in [0.15, 0.2) is 0 Å². The summed E-state index contributed by atoms with van der Waals surface area (Å²) in [5.74, 6) is 14.2. The van der Waals surface area contributed by atoms with Crippen LogP contribution < -0.4 is 0 Å². The fraction of sp³-hybridized carbons (Fsp3) is 0.429. The Hall–Kier alpha value is 0.589. The van der Waals surface area contributed by atoms with Crippen LogP contribution in [-0.4, -0.2) is 44.1 Å². The summed E-state index contributed by atoms with van der Waals surface area (Å²) in [4.78, 5) is 2.60. The van der Waals surface area contributed by atoms with Crippen molar-refractivity contribution in [1.29, 1.82) is 0 Å². The Labute approximate surface area is 123 Å². The van der Waals surface area contributed by atoms with E-state index in [-0.39, 0.29) is 0 Å². The van der Waals surface area contributed by atoms with Gasteiger partial charge in [-0.05, 0) is 0 Å². The molecule has 0 aliphatic rings. The first kappa shape index (κ1) is 17.6. The monoisotopic (exact) mass is 414 g/mol. The van der Waals surface area contributed by atoms with Crippen molar-refractivity contribution in [3.63, 3.8) is 0 Å². The van der Waals surface area contributed by atoms with E-state index in [1.807, 2.05) is 0 Å². The molecule has 1 rings (SSSR count). The van der Waals surface area contributed by atoms with Gasteiger partial charge in [-0.3, -0.25) is 0 Å². The third-order valence-corrected chi connectivity index (χ3v) is 8.31. The second kappa shape index (κ2) is 10.5. The average molecular weight is 410 g/mol. The fourth-order valence-electron chi connectivity index (χ4n) is 1.42. The molecular weight excluding hydrogens is 386 g/mol. The summed E-state index contributed by atoms with van der Waals surface area (Å²) in [6.45, 7) is 0. The van der Waals surface area contributed by atoms with Gasteiger partial charge in [-0.1, -0.05) is 0 Å². The van der Waals surface area contributed by atoms with Crippen LogP contribution in [0, 0.1) is 0 Å². The predicted molar refractivity (Wildman–Crippen MR) is 86.9 cm³/mol. The number of hydrogen-bond acceptors (Lipinski definition) is 0. The number of rotatable bonds is 3. The first-order valence-corrected chi connectivity index (χ1v) is 20.8. The van der Waals surface area contributed by atoms with Crippen molar-refractivity contribution in [2.45, 2.75) is 34.5 Å². The second-order valence-electron chi connectivity index (χ2n) is 4.50. The van der Waals surface area contributed by atoms with Crippen LogP contribution in [0.3, 0.4) is 0 Å². The molecule has 0 bridgehead atoms. The van der Waals surface area contributed by atoms with Crippen LogP contribution in [0.1, 0.15) is 5.56 Å². The molecule has 0 amide bonds. The summed E-state index contributed by atoms with van der Waals surface area (Å²) in [6, 6.07) is 10.9. The first-order valence-electron chi connectivity index (χ1n) is 5.99. The Morgan fingerprint density at radius 1 is 1.00 bits per heavy atom. The van der Waals surface area contributed by atoms with E-state index in [2.05, 4.69) is 69.8 Å². The Kier molecular flexibility index (Phi) is 10.9. The van der Waals surface area contributed by atoms with E-state index in [9.17, 15) is 0 Å². The summed E-state index contributed by atoms with van der Waals surface area (Å²) < 4.78 is 1.70. The summed E-state index contributed by atoms with van der Waals surface area (Å²) in [5, 5.41) is 0. The van der Waals surface area contributed by atoms with Crippen LogP contribution in [-0.2, 0) is 0 Å². The maximum absolute atomic E-state index is 2.60. The summed E-state index contributed by atoms with van der Waals surface area (Å²) in [6.07, 6.45) is 0. The van der Waals surface area contributed by atoms with Crippen LogP contribution in [0.4, 0.5) is 0 Å². The molecular formula is C14H24Ge3. The van der Waals surface area contributed by atoms with Crippen LogP contribution in [0.2, 0.25) is 34.5 Å². The second-order valence-corrected chi connectivity index (χ2v) is 17.1. The predicted octanol–water partition coefficient (Wildman–Crippen LogP) is 4.44. The molecule has 0 fully saturated rings. The Balaban J connectivity index is 0.000000770. The van der Waals surface area contributed by atoms with E-state index in [1.54, 1.807) is 4.41 Å². The quantitative estimate of drug-likeness (QED) is 0.647. The third-order valence-electron chi connectivity index (χ3n) is 2.06. The van der Waals surface area contributed by atoms with Gasteiger partial charge in [0.1, 0.15) is 0 Å². The number of hydrogen-bond donors (Lipinski definition) is 0. The number of benzene rings is 1. The SMILES string of the molecule is [CH3][Ge]([CH3])/[CH]=[C](/c1ccccc1)[Ge]([CH3])[CH3].[CH3][Ge][CH3]. The zero-order valence-corrected chi connectivity index (χ0v) is 18.3. The molecule has 3 heteroatoms. The molecule has 0 spiro atoms. The fourth-order valence-corrected chi connectivity index (χ4v) is 11.4. The molecule has 0 saturated carbocycles. The van der Waals surface area contributed by atoms with Gasteiger partial charge >= 0.3 is 124 Å². The molecule has 0 aliphatic carbocycles. The van der Waals surface area contributed by atoms with E-state index >= 15 is 0 Å². The molecule has 0 N–H and O–H groups in total. The molecule has 0 nitrogen and oxygen atoms in total. The van der Waals surface area contributed by atoms with Crippen molar-refractivity contribution < 1.29 is 0 Å². The van der Waals surface area contributed by atoms with Gasteiger partial charge in [0.05, 0.1) is 0 Å². The van der Waals surface area contributed by atoms with Crippen LogP contribution in [0.5, 0.6) is 0 Å². The van der Waals surface area contributed by atoms with E-state index in [0.29, 0.717) is 15.4 Å². The molecule has 92 valence electrons. The molecule has 0 heterocycles. The van der Waals surface area contributed by atoms with Gasteiger partial charge in [-0.25, -0.2) is 0 Å². The Morgan fingerprint density at radius 3 is 1.82 bits per heavy atom. The van der Waals surface area contributed by atoms with Crippen molar-refractivity contribution in [3.05, 3.63) is 40.8 Å². The molecule has 0 atom stereocenters. The van der Waals surface area contributed by atoms with Crippen molar-refractivity contribution in [2.24, 2.45) is 0 Å². The topological polar surface area (TPSA) is 0 Å². The van der Waals surface area contributed by atoms with Crippen LogP contribution in [0.25, 0.3) is 4.41 Å². The zero-order chi connectivity index (χ0) is 13.3. The minimum absolute atomic E-state index is 0.500. The summed E-state index contributed by atoms with van der Waals surface area (Å²) in [7, 11) is 0. The van der Waals surface area contributed by atoms with Gasteiger partial charge in [0.25, 0.3) is 0 Å². The van der Waals surface area contributed by atoms with Gasteiger partial charge in [-0.15, -0.1) is 0 Å². The van der Waals surface area contributed by atoms with Gasteiger partial charge in [-0.2, -0.15) is 0 Å². The van der Waals surface area contributed by atoms with Crippen molar-refractivity contribution in [2.75, 3.05) is 0 Å². The Bertz CT molecular complexity index is 315. The standard InChI is InChI=1S/C12H18Ge2.C2H6Ge/c1-13(2)10-12(14(3)4)11-8-6-5-7-9-11;1-3-2/h5-10H,1-4H3;1-2H3/b12-10-;. The van der Waals surface area contributed by atoms with E-state index in [0.717, 1.165) is 0 Å². The van der Waals surface area contributed by atoms with Crippen molar-refractivity contribution in [1.82, 2.24) is 0 Å². The van der Waals surface area contributed by atoms with Gasteiger partial charge in [0.2, 0.25) is 0 Å². The van der Waals surface area contributed by atoms with Gasteiger partial charge < -0.3 is 0 Å². The van der Waals surface area contributed by atoms with E-state index < -0.39 is 28.7 Å². The molecule has 17 heavy (non-hydrogen) atoms. The van der Waals surface area contributed by atoms with Crippen LogP contribution in [0.15, 0.2) is 35.2 Å². The Morgan fingerprint density at radius 2 is 1.47 bits per heavy atom. The van der Waals surface area contributed by atoms with E-state index in [1.165, 1.54) is 5.56 Å². The summed E-state index contributed by atoms with van der Waals surface area (Å²) >= 11 is -1.25. The van der Waals surface area contributed by atoms with Crippen molar-refractivity contribution >= 4 is 48.5 Å². The molecule has 1 aromatic rings. The molecule has 4 radical (unpaired) electrons. The first-order chi connectivity index (χ1) is 8.02. The average Bonchev–Trinajstić information content (AvgIpc) is 2.27. The molecule has 0 saturated heterocycles. The maximum atomic E-state index is 2.60. The third kappa shape index (κ3) is 8.33. The normalized spacial score (nSPS) is 11.4. The summed E-state index contributed by atoms with van der Waals surface area (Å²) in [5.41, 5.74) is 1.47. The molecule has 1 aromatic carbocycles. The van der Waals surface area contributed by atoms with Crippen LogP contribution >= 0.6 is 0 Å². The molecule has 0 unspecified atom stereocenters.